The molecule has 190 valence electrons. The SMILES string of the molecule is O=C(c1ccc(F)cc1)[C@@H]1[C@@H](C(=O)c2ccccn2)[C@@]2(C(=O)Nc3ccccc32)[C@H]2c3ccccc3C=CN12. The Labute approximate surface area is 223 Å². The molecule has 1 amide bonds. The molecular formula is C32H22FN3O3. The zero-order valence-electron chi connectivity index (χ0n) is 20.6. The van der Waals surface area contributed by atoms with Gasteiger partial charge in [-0.05, 0) is 65.2 Å². The summed E-state index contributed by atoms with van der Waals surface area (Å²) in [6.45, 7) is 0. The number of carbonyl (C=O) groups is 3. The molecule has 1 N–H and O–H groups in total. The van der Waals surface area contributed by atoms with Crippen LogP contribution in [0.15, 0.2) is 103 Å². The van der Waals surface area contributed by atoms with Crippen molar-refractivity contribution in [3.05, 3.63) is 137 Å². The lowest BCUT2D eigenvalue weighted by Gasteiger charge is -2.38. The third-order valence-electron chi connectivity index (χ3n) is 8.17. The lowest BCUT2D eigenvalue weighted by atomic mass is 9.63. The first-order valence-corrected chi connectivity index (χ1v) is 12.7. The molecule has 1 fully saturated rings. The number of nitrogens with zero attached hydrogens (tertiary/aromatic N) is 2. The second-order valence-electron chi connectivity index (χ2n) is 10.0. The van der Waals surface area contributed by atoms with Crippen LogP contribution < -0.4 is 5.32 Å². The van der Waals surface area contributed by atoms with E-state index in [1.807, 2.05) is 59.5 Å². The summed E-state index contributed by atoms with van der Waals surface area (Å²) in [7, 11) is 0. The molecule has 0 bridgehead atoms. The van der Waals surface area contributed by atoms with Gasteiger partial charge in [-0.1, -0.05) is 48.5 Å². The molecule has 7 rings (SSSR count). The molecular weight excluding hydrogens is 493 g/mol. The van der Waals surface area contributed by atoms with Crippen LogP contribution in [-0.2, 0) is 10.2 Å². The van der Waals surface area contributed by atoms with Crippen LogP contribution >= 0.6 is 0 Å². The fourth-order valence-corrected chi connectivity index (χ4v) is 6.62. The van der Waals surface area contributed by atoms with E-state index in [4.69, 9.17) is 0 Å². The van der Waals surface area contributed by atoms with Crippen molar-refractivity contribution in [1.82, 2.24) is 9.88 Å². The van der Waals surface area contributed by atoms with E-state index < -0.39 is 35.0 Å². The number of rotatable bonds is 4. The number of nitrogens with one attached hydrogen (secondary N) is 1. The van der Waals surface area contributed by atoms with Crippen LogP contribution in [-0.4, -0.2) is 33.4 Å². The van der Waals surface area contributed by atoms with Gasteiger partial charge in [0, 0.05) is 23.6 Å². The molecule has 0 radical (unpaired) electrons. The molecule has 0 saturated carbocycles. The van der Waals surface area contributed by atoms with Crippen molar-refractivity contribution < 1.29 is 18.8 Å². The summed E-state index contributed by atoms with van der Waals surface area (Å²) in [6.07, 6.45) is 5.23. The first-order valence-electron chi connectivity index (χ1n) is 12.7. The maximum absolute atomic E-state index is 14.5. The van der Waals surface area contributed by atoms with E-state index in [0.717, 1.165) is 11.1 Å². The monoisotopic (exact) mass is 515 g/mol. The predicted octanol–water partition coefficient (Wildman–Crippen LogP) is 5.20. The Kier molecular flexibility index (Phi) is 5.10. The summed E-state index contributed by atoms with van der Waals surface area (Å²) in [5, 5.41) is 3.01. The molecule has 4 aromatic rings. The van der Waals surface area contributed by atoms with Crippen LogP contribution in [0, 0.1) is 11.7 Å². The lowest BCUT2D eigenvalue weighted by molar-refractivity contribution is -0.122. The van der Waals surface area contributed by atoms with Gasteiger partial charge in [-0.25, -0.2) is 4.39 Å². The molecule has 1 spiro atoms. The molecule has 3 aliphatic heterocycles. The third-order valence-corrected chi connectivity index (χ3v) is 8.17. The summed E-state index contributed by atoms with van der Waals surface area (Å²) in [6, 6.07) is 23.7. The number of fused-ring (bicyclic) bond motifs is 6. The van der Waals surface area contributed by atoms with Crippen LogP contribution in [0.4, 0.5) is 10.1 Å². The second-order valence-corrected chi connectivity index (χ2v) is 10.0. The maximum atomic E-state index is 14.5. The highest BCUT2D eigenvalue weighted by Gasteiger charge is 2.70. The van der Waals surface area contributed by atoms with Crippen molar-refractivity contribution in [2.24, 2.45) is 5.92 Å². The molecule has 39 heavy (non-hydrogen) atoms. The van der Waals surface area contributed by atoms with E-state index in [2.05, 4.69) is 10.3 Å². The number of aromatic nitrogens is 1. The second kappa shape index (κ2) is 8.56. The Balaban J connectivity index is 1.54. The fourth-order valence-electron chi connectivity index (χ4n) is 6.62. The first kappa shape index (κ1) is 23.2. The van der Waals surface area contributed by atoms with E-state index >= 15 is 0 Å². The number of pyridine rings is 1. The largest absolute Gasteiger partial charge is 0.358 e. The van der Waals surface area contributed by atoms with Gasteiger partial charge in [-0.2, -0.15) is 0 Å². The van der Waals surface area contributed by atoms with E-state index in [0.29, 0.717) is 11.3 Å². The number of benzene rings is 3. The Morgan fingerprint density at radius 2 is 1.62 bits per heavy atom. The molecule has 4 atom stereocenters. The number of hydrogen-bond donors (Lipinski definition) is 1. The van der Waals surface area contributed by atoms with Crippen molar-refractivity contribution >= 4 is 29.2 Å². The number of carbonyl (C=O) groups excluding carboxylic acids is 3. The molecule has 4 heterocycles. The predicted molar refractivity (Wildman–Crippen MR) is 143 cm³/mol. The van der Waals surface area contributed by atoms with E-state index in [9.17, 15) is 18.8 Å². The maximum Gasteiger partial charge on any atom is 0.238 e. The quantitative estimate of drug-likeness (QED) is 0.378. The summed E-state index contributed by atoms with van der Waals surface area (Å²) < 4.78 is 13.8. The topological polar surface area (TPSA) is 79.4 Å². The van der Waals surface area contributed by atoms with Gasteiger partial charge in [0.05, 0.1) is 12.0 Å². The lowest BCUT2D eigenvalue weighted by Crippen LogP contribution is -2.49. The van der Waals surface area contributed by atoms with Crippen LogP contribution in [0.5, 0.6) is 0 Å². The molecule has 0 aliphatic carbocycles. The minimum atomic E-state index is -1.42. The number of hydrogen-bond acceptors (Lipinski definition) is 5. The number of Topliss-reactive ketones (excluding diaryl/α,β-unsaturated/α-hetero) is 2. The van der Waals surface area contributed by atoms with Crippen molar-refractivity contribution in [3.63, 3.8) is 0 Å². The average molecular weight is 516 g/mol. The number of halogens is 1. The Bertz CT molecular complexity index is 1680. The van der Waals surface area contributed by atoms with Crippen molar-refractivity contribution in [3.8, 4) is 0 Å². The van der Waals surface area contributed by atoms with Gasteiger partial charge in [-0.3, -0.25) is 19.4 Å². The first-order chi connectivity index (χ1) is 19.0. The Morgan fingerprint density at radius 1 is 0.872 bits per heavy atom. The highest BCUT2D eigenvalue weighted by molar-refractivity contribution is 6.16. The van der Waals surface area contributed by atoms with Gasteiger partial charge in [0.15, 0.2) is 11.6 Å². The highest BCUT2D eigenvalue weighted by atomic mass is 19.1. The Morgan fingerprint density at radius 3 is 2.41 bits per heavy atom. The fraction of sp³-hybridized carbons (Fsp3) is 0.125. The highest BCUT2D eigenvalue weighted by Crippen LogP contribution is 2.62. The molecule has 7 heteroatoms. The van der Waals surface area contributed by atoms with Crippen molar-refractivity contribution in [2.75, 3.05) is 5.32 Å². The van der Waals surface area contributed by atoms with Gasteiger partial charge in [-0.15, -0.1) is 0 Å². The Hall–Kier alpha value is -4.91. The van der Waals surface area contributed by atoms with Crippen LogP contribution in [0.3, 0.4) is 0 Å². The number of para-hydroxylation sites is 1. The minimum Gasteiger partial charge on any atom is -0.358 e. The average Bonchev–Trinajstić information content (AvgIpc) is 3.45. The smallest absolute Gasteiger partial charge is 0.238 e. The van der Waals surface area contributed by atoms with Gasteiger partial charge in [0.1, 0.15) is 23.0 Å². The van der Waals surface area contributed by atoms with Crippen LogP contribution in [0.1, 0.15) is 43.6 Å². The standard InChI is InChI=1S/C32H22FN3O3/c33-21-14-12-20(13-15-21)28(37)27-26(29(38)25-11-5-6-17-34-25)32(23-9-3-4-10-24(23)35-31(32)39)30-22-8-2-1-7-19(22)16-18-36(27)30/h1-18,26-27,30H,(H,35,39)/t26-,27-,30+,32+/m0/s1. The van der Waals surface area contributed by atoms with Gasteiger partial charge in [0.25, 0.3) is 0 Å². The van der Waals surface area contributed by atoms with Crippen LogP contribution in [0.2, 0.25) is 0 Å². The molecule has 1 aromatic heterocycles. The van der Waals surface area contributed by atoms with Crippen molar-refractivity contribution in [2.45, 2.75) is 17.5 Å². The third kappa shape index (κ3) is 3.19. The molecule has 1 saturated heterocycles. The van der Waals surface area contributed by atoms with E-state index in [-0.39, 0.29) is 22.9 Å². The van der Waals surface area contributed by atoms with Crippen LogP contribution in [0.25, 0.3) is 6.08 Å². The molecule has 3 aliphatic rings. The van der Waals surface area contributed by atoms with Gasteiger partial charge >= 0.3 is 0 Å². The zero-order chi connectivity index (χ0) is 26.7. The number of ketones is 2. The van der Waals surface area contributed by atoms with E-state index in [1.165, 1.54) is 30.5 Å². The molecule has 3 aromatic carbocycles. The summed E-state index contributed by atoms with van der Waals surface area (Å²) in [5.74, 6) is -2.69. The number of anilines is 1. The van der Waals surface area contributed by atoms with E-state index in [1.54, 1.807) is 24.4 Å². The zero-order valence-corrected chi connectivity index (χ0v) is 20.6. The van der Waals surface area contributed by atoms with Crippen molar-refractivity contribution in [1.29, 1.82) is 0 Å². The van der Waals surface area contributed by atoms with Gasteiger partial charge in [0.2, 0.25) is 5.91 Å². The molecule has 0 unspecified atom stereocenters. The number of amides is 1. The summed E-state index contributed by atoms with van der Waals surface area (Å²) in [5.41, 5.74) is 2.05. The summed E-state index contributed by atoms with van der Waals surface area (Å²) in [4.78, 5) is 49.3. The minimum absolute atomic E-state index is 0.174. The van der Waals surface area contributed by atoms with Gasteiger partial charge < -0.3 is 10.2 Å². The molecule has 6 nitrogen and oxygen atoms in total. The summed E-state index contributed by atoms with van der Waals surface area (Å²) >= 11 is 0. The normalized spacial score (nSPS) is 24.2.